The summed E-state index contributed by atoms with van der Waals surface area (Å²) >= 11 is 1.39. The first-order valence-electron chi connectivity index (χ1n) is 8.33. The molecule has 0 bridgehead atoms. The summed E-state index contributed by atoms with van der Waals surface area (Å²) in [5.41, 5.74) is 5.04. The van der Waals surface area contributed by atoms with Crippen LogP contribution < -0.4 is 15.8 Å². The number of hydrogen-bond donors (Lipinski definition) is 1. The summed E-state index contributed by atoms with van der Waals surface area (Å²) in [6.07, 6.45) is 0.918. The van der Waals surface area contributed by atoms with E-state index in [0.29, 0.717) is 33.6 Å². The Morgan fingerprint density at radius 2 is 2.19 bits per heavy atom. The van der Waals surface area contributed by atoms with Crippen LogP contribution in [0, 0.1) is 5.92 Å². The minimum atomic E-state index is -0.418. The highest BCUT2D eigenvalue weighted by Gasteiger charge is 2.12. The van der Waals surface area contributed by atoms with Crippen LogP contribution in [0.3, 0.4) is 0 Å². The van der Waals surface area contributed by atoms with E-state index in [0.717, 1.165) is 17.5 Å². The lowest BCUT2D eigenvalue weighted by molar-refractivity contribution is 0.415. The number of benzene rings is 1. The summed E-state index contributed by atoms with van der Waals surface area (Å²) in [6.45, 7) is 6.27. The zero-order valence-corrected chi connectivity index (χ0v) is 16.0. The molecule has 2 heterocycles. The molecule has 26 heavy (non-hydrogen) atoms. The molecule has 3 rings (SSSR count). The average molecular weight is 371 g/mol. The first-order chi connectivity index (χ1) is 12.5. The van der Waals surface area contributed by atoms with Crippen molar-refractivity contribution in [2.75, 3.05) is 12.5 Å². The average Bonchev–Trinajstić information content (AvgIpc) is 3.07. The molecule has 136 valence electrons. The van der Waals surface area contributed by atoms with E-state index in [9.17, 15) is 4.79 Å². The normalized spacial score (nSPS) is 12.0. The number of methoxy groups -OCH3 is 1. The van der Waals surface area contributed by atoms with Gasteiger partial charge in [0.2, 0.25) is 5.13 Å². The van der Waals surface area contributed by atoms with Gasteiger partial charge in [0.05, 0.1) is 18.4 Å². The molecule has 1 aromatic carbocycles. The van der Waals surface area contributed by atoms with Gasteiger partial charge in [0.1, 0.15) is 11.3 Å². The Bertz CT molecular complexity index is 1000. The molecule has 1 N–H and O–H groups in total. The van der Waals surface area contributed by atoms with Crippen LogP contribution in [0.15, 0.2) is 44.0 Å². The lowest BCUT2D eigenvalue weighted by atomic mass is 10.1. The first kappa shape index (κ1) is 18.1. The van der Waals surface area contributed by atoms with Gasteiger partial charge >= 0.3 is 5.63 Å². The SMILES string of the molecule is COc1ccc2oc(=O)c(-c3csc(NN=C(C)CC(C)C)n3)cc2c1. The second-order valence-corrected chi connectivity index (χ2v) is 7.30. The highest BCUT2D eigenvalue weighted by molar-refractivity contribution is 7.14. The molecular formula is C19H21N3O3S. The fraction of sp³-hybridized carbons (Fsp3) is 0.316. The Labute approximate surface area is 155 Å². The first-order valence-corrected chi connectivity index (χ1v) is 9.21. The molecule has 0 aliphatic carbocycles. The third-order valence-corrected chi connectivity index (χ3v) is 4.51. The van der Waals surface area contributed by atoms with Crippen molar-refractivity contribution in [3.05, 3.63) is 40.1 Å². The molecule has 2 aromatic heterocycles. The van der Waals surface area contributed by atoms with Crippen LogP contribution in [0.4, 0.5) is 5.13 Å². The van der Waals surface area contributed by atoms with Gasteiger partial charge in [-0.3, -0.25) is 5.43 Å². The molecule has 0 radical (unpaired) electrons. The van der Waals surface area contributed by atoms with E-state index in [1.54, 1.807) is 25.3 Å². The number of fused-ring (bicyclic) bond motifs is 1. The van der Waals surface area contributed by atoms with Gasteiger partial charge in [0.25, 0.3) is 0 Å². The van der Waals surface area contributed by atoms with Gasteiger partial charge in [-0.1, -0.05) is 13.8 Å². The predicted octanol–water partition coefficient (Wildman–Crippen LogP) is 4.76. The summed E-state index contributed by atoms with van der Waals surface area (Å²) in [4.78, 5) is 16.8. The number of nitrogens with one attached hydrogen (secondary N) is 1. The molecule has 0 saturated carbocycles. The van der Waals surface area contributed by atoms with Gasteiger partial charge in [0, 0.05) is 16.5 Å². The van der Waals surface area contributed by atoms with E-state index in [4.69, 9.17) is 9.15 Å². The monoisotopic (exact) mass is 371 g/mol. The zero-order valence-electron chi connectivity index (χ0n) is 15.2. The molecule has 0 aliphatic rings. The van der Waals surface area contributed by atoms with Crippen LogP contribution >= 0.6 is 11.3 Å². The smallest absolute Gasteiger partial charge is 0.345 e. The van der Waals surface area contributed by atoms with E-state index >= 15 is 0 Å². The van der Waals surface area contributed by atoms with E-state index in [1.165, 1.54) is 11.3 Å². The van der Waals surface area contributed by atoms with Gasteiger partial charge in [-0.2, -0.15) is 5.10 Å². The molecule has 3 aromatic rings. The molecule has 7 heteroatoms. The van der Waals surface area contributed by atoms with Gasteiger partial charge in [-0.15, -0.1) is 11.3 Å². The Morgan fingerprint density at radius 3 is 2.92 bits per heavy atom. The molecule has 6 nitrogen and oxygen atoms in total. The maximum absolute atomic E-state index is 12.3. The maximum Gasteiger partial charge on any atom is 0.345 e. The van der Waals surface area contributed by atoms with Crippen molar-refractivity contribution in [2.24, 2.45) is 11.0 Å². The van der Waals surface area contributed by atoms with Crippen molar-refractivity contribution < 1.29 is 9.15 Å². The Hall–Kier alpha value is -2.67. The highest BCUT2D eigenvalue weighted by atomic mass is 32.1. The lowest BCUT2D eigenvalue weighted by Gasteiger charge is -2.04. The van der Waals surface area contributed by atoms with Gasteiger partial charge in [-0.05, 0) is 43.5 Å². The molecule has 0 fully saturated rings. The quantitative estimate of drug-likeness (QED) is 0.384. The van der Waals surface area contributed by atoms with Crippen molar-refractivity contribution in [1.82, 2.24) is 4.98 Å². The predicted molar refractivity (Wildman–Crippen MR) is 106 cm³/mol. The minimum Gasteiger partial charge on any atom is -0.497 e. The minimum absolute atomic E-state index is 0.415. The molecule has 0 unspecified atom stereocenters. The number of hydrazone groups is 1. The molecule has 0 amide bonds. The van der Waals surface area contributed by atoms with E-state index in [1.807, 2.05) is 18.4 Å². The second-order valence-electron chi connectivity index (χ2n) is 6.45. The third kappa shape index (κ3) is 4.11. The van der Waals surface area contributed by atoms with Crippen molar-refractivity contribution in [1.29, 1.82) is 0 Å². The number of nitrogens with zero attached hydrogens (tertiary/aromatic N) is 2. The summed E-state index contributed by atoms with van der Waals surface area (Å²) in [7, 11) is 1.60. The standard InChI is InChI=1S/C19H21N3O3S/c1-11(2)7-12(3)21-22-19-20-16(10-26-19)15-9-13-8-14(24-4)5-6-17(13)25-18(15)23/h5-6,8-11H,7H2,1-4H3,(H,20,22). The fourth-order valence-corrected chi connectivity index (χ4v) is 3.29. The largest absolute Gasteiger partial charge is 0.497 e. The summed E-state index contributed by atoms with van der Waals surface area (Å²) < 4.78 is 10.6. The molecule has 0 saturated heterocycles. The summed E-state index contributed by atoms with van der Waals surface area (Å²) in [5, 5.41) is 7.56. The number of rotatable bonds is 6. The third-order valence-electron chi connectivity index (χ3n) is 3.77. The van der Waals surface area contributed by atoms with Crippen molar-refractivity contribution >= 4 is 33.1 Å². The van der Waals surface area contributed by atoms with Crippen molar-refractivity contribution in [3.8, 4) is 17.0 Å². The van der Waals surface area contributed by atoms with Gasteiger partial charge < -0.3 is 9.15 Å². The maximum atomic E-state index is 12.3. The fourth-order valence-electron chi connectivity index (χ4n) is 2.64. The molecular weight excluding hydrogens is 350 g/mol. The highest BCUT2D eigenvalue weighted by Crippen LogP contribution is 2.27. The topological polar surface area (TPSA) is 76.7 Å². The Balaban J connectivity index is 1.88. The Kier molecular flexibility index (Phi) is 5.37. The number of hydrogen-bond acceptors (Lipinski definition) is 7. The summed E-state index contributed by atoms with van der Waals surface area (Å²) in [6, 6.07) is 7.08. The van der Waals surface area contributed by atoms with Crippen LogP contribution in [0.2, 0.25) is 0 Å². The number of ether oxygens (including phenoxy) is 1. The lowest BCUT2D eigenvalue weighted by Crippen LogP contribution is -2.03. The Morgan fingerprint density at radius 1 is 1.38 bits per heavy atom. The van der Waals surface area contributed by atoms with E-state index in [-0.39, 0.29) is 0 Å². The molecule has 0 atom stereocenters. The van der Waals surface area contributed by atoms with E-state index < -0.39 is 5.63 Å². The molecule has 0 aliphatic heterocycles. The van der Waals surface area contributed by atoms with Crippen LogP contribution in [0.1, 0.15) is 27.2 Å². The van der Waals surface area contributed by atoms with Crippen molar-refractivity contribution in [2.45, 2.75) is 27.2 Å². The second kappa shape index (κ2) is 7.70. The van der Waals surface area contributed by atoms with Crippen molar-refractivity contribution in [3.63, 3.8) is 0 Å². The van der Waals surface area contributed by atoms with Crippen LogP contribution in [-0.2, 0) is 0 Å². The number of anilines is 1. The van der Waals surface area contributed by atoms with E-state index in [2.05, 4.69) is 29.4 Å². The van der Waals surface area contributed by atoms with Crippen LogP contribution in [-0.4, -0.2) is 17.8 Å². The van der Waals surface area contributed by atoms with Crippen LogP contribution in [0.25, 0.3) is 22.2 Å². The van der Waals surface area contributed by atoms with Gasteiger partial charge in [0.15, 0.2) is 0 Å². The molecule has 0 spiro atoms. The zero-order chi connectivity index (χ0) is 18.7. The summed E-state index contributed by atoms with van der Waals surface area (Å²) in [5.74, 6) is 1.25. The number of thiazole rings is 1. The number of aromatic nitrogens is 1. The van der Waals surface area contributed by atoms with Gasteiger partial charge in [-0.25, -0.2) is 9.78 Å². The van der Waals surface area contributed by atoms with Crippen LogP contribution in [0.5, 0.6) is 5.75 Å².